The summed E-state index contributed by atoms with van der Waals surface area (Å²) in [5, 5.41) is 10.3. The van der Waals surface area contributed by atoms with Crippen LogP contribution in [0.5, 0.6) is 0 Å². The van der Waals surface area contributed by atoms with E-state index in [1.54, 1.807) is 0 Å². The Morgan fingerprint density at radius 1 is 1.20 bits per heavy atom. The summed E-state index contributed by atoms with van der Waals surface area (Å²) in [5.41, 5.74) is 3.88. The molecule has 0 radical (unpaired) electrons. The summed E-state index contributed by atoms with van der Waals surface area (Å²) in [7, 11) is 0. The van der Waals surface area contributed by atoms with Gasteiger partial charge in [-0.05, 0) is 44.2 Å². The Balaban J connectivity index is 2.74. The van der Waals surface area contributed by atoms with Crippen molar-refractivity contribution in [2.45, 2.75) is 31.5 Å². The molecule has 2 aromatic rings. The topological polar surface area (TPSA) is 59.1 Å². The Morgan fingerprint density at radius 3 is 2.20 bits per heavy atom. The van der Waals surface area contributed by atoms with Gasteiger partial charge >= 0.3 is 6.18 Å². The second-order valence-electron chi connectivity index (χ2n) is 6.15. The maximum atomic E-state index is 13.3. The Kier molecular flexibility index (Phi) is 5.41. The minimum Gasteiger partial charge on any atom is -0.386 e. The van der Waals surface area contributed by atoms with Crippen LogP contribution in [-0.2, 0) is 5.60 Å². The molecule has 136 valence electrons. The van der Waals surface area contributed by atoms with Gasteiger partial charge in [-0.1, -0.05) is 11.6 Å². The number of aromatic nitrogens is 1. The molecule has 0 bridgehead atoms. The van der Waals surface area contributed by atoms with Crippen LogP contribution in [0, 0.1) is 5.82 Å². The van der Waals surface area contributed by atoms with Crippen LogP contribution in [0.25, 0.3) is 11.3 Å². The molecule has 0 aliphatic rings. The number of aliphatic hydroxyl groups is 1. The van der Waals surface area contributed by atoms with Crippen molar-refractivity contribution in [2.75, 3.05) is 6.54 Å². The van der Waals surface area contributed by atoms with Crippen LogP contribution in [0.4, 0.5) is 17.6 Å². The van der Waals surface area contributed by atoms with Crippen LogP contribution < -0.4 is 5.73 Å². The summed E-state index contributed by atoms with van der Waals surface area (Å²) in [5.74, 6) is -2.51. The lowest BCUT2D eigenvalue weighted by Crippen LogP contribution is -2.30. The largest absolute Gasteiger partial charge is 0.398 e. The molecular formula is C17H17ClF4N2O. The zero-order valence-corrected chi connectivity index (χ0v) is 14.3. The van der Waals surface area contributed by atoms with Crippen molar-refractivity contribution in [3.05, 3.63) is 52.4 Å². The first-order valence-electron chi connectivity index (χ1n) is 7.41. The number of nitrogens with zero attached hydrogens (tertiary/aromatic N) is 1. The van der Waals surface area contributed by atoms with E-state index in [0.717, 1.165) is 18.2 Å². The molecule has 0 amide bonds. The second kappa shape index (κ2) is 6.90. The maximum Gasteiger partial charge on any atom is 0.398 e. The van der Waals surface area contributed by atoms with Gasteiger partial charge in [0.05, 0.1) is 22.0 Å². The van der Waals surface area contributed by atoms with E-state index in [-0.39, 0.29) is 22.0 Å². The van der Waals surface area contributed by atoms with Gasteiger partial charge in [-0.25, -0.2) is 4.39 Å². The first-order chi connectivity index (χ1) is 11.4. The average Bonchev–Trinajstić information content (AvgIpc) is 2.47. The number of hydrogen-bond acceptors (Lipinski definition) is 3. The molecule has 1 unspecified atom stereocenters. The van der Waals surface area contributed by atoms with Crippen molar-refractivity contribution in [3.8, 4) is 11.3 Å². The van der Waals surface area contributed by atoms with Gasteiger partial charge in [-0.2, -0.15) is 13.2 Å². The summed E-state index contributed by atoms with van der Waals surface area (Å²) in [6.45, 7) is 2.10. The molecule has 1 aromatic carbocycles. The number of pyridine rings is 1. The summed E-state index contributed by atoms with van der Waals surface area (Å²) in [4.78, 5) is 4.02. The van der Waals surface area contributed by atoms with Crippen LogP contribution in [0.15, 0.2) is 30.3 Å². The van der Waals surface area contributed by atoms with Gasteiger partial charge in [0.15, 0.2) is 0 Å². The highest BCUT2D eigenvalue weighted by Crippen LogP contribution is 2.40. The molecule has 1 atom stereocenters. The molecule has 25 heavy (non-hydrogen) atoms. The molecule has 8 heteroatoms. The summed E-state index contributed by atoms with van der Waals surface area (Å²) >= 11 is 6.27. The zero-order chi connectivity index (χ0) is 19.0. The van der Waals surface area contributed by atoms with E-state index in [1.165, 1.54) is 26.0 Å². The van der Waals surface area contributed by atoms with Gasteiger partial charge in [-0.3, -0.25) is 4.98 Å². The van der Waals surface area contributed by atoms with Gasteiger partial charge in [-0.15, -0.1) is 0 Å². The summed E-state index contributed by atoms with van der Waals surface area (Å²) in [6, 6.07) is 6.11. The minimum absolute atomic E-state index is 0.000745. The SMILES string of the molecule is CC(C)(O)c1cc(C(CN)C(F)(F)F)nc(-c2ccc(F)cc2)c1Cl. The molecule has 3 nitrogen and oxygen atoms in total. The molecule has 0 saturated carbocycles. The quantitative estimate of drug-likeness (QED) is 0.779. The fraction of sp³-hybridized carbons (Fsp3) is 0.353. The Hall–Kier alpha value is -1.70. The summed E-state index contributed by atoms with van der Waals surface area (Å²) in [6.07, 6.45) is -4.60. The van der Waals surface area contributed by atoms with Crippen LogP contribution in [0.2, 0.25) is 5.02 Å². The Labute approximate surface area is 147 Å². The standard InChI is InChI=1S/C17H17ClF4N2O/c1-16(2,25)11-7-13(12(8-23)17(20,21)22)24-15(14(11)18)9-3-5-10(19)6-4-9/h3-7,12,25H,8,23H2,1-2H3. The Morgan fingerprint density at radius 2 is 1.76 bits per heavy atom. The monoisotopic (exact) mass is 376 g/mol. The number of benzene rings is 1. The first kappa shape index (κ1) is 19.6. The van der Waals surface area contributed by atoms with E-state index in [9.17, 15) is 22.7 Å². The van der Waals surface area contributed by atoms with Gasteiger partial charge in [0.25, 0.3) is 0 Å². The van der Waals surface area contributed by atoms with Crippen molar-refractivity contribution >= 4 is 11.6 Å². The average molecular weight is 377 g/mol. The molecular weight excluding hydrogens is 360 g/mol. The fourth-order valence-electron chi connectivity index (χ4n) is 2.39. The lowest BCUT2D eigenvalue weighted by molar-refractivity contribution is -0.148. The van der Waals surface area contributed by atoms with E-state index in [2.05, 4.69) is 4.98 Å². The molecule has 0 spiro atoms. The molecule has 1 aromatic heterocycles. The van der Waals surface area contributed by atoms with Crippen molar-refractivity contribution < 1.29 is 22.7 Å². The smallest absolute Gasteiger partial charge is 0.386 e. The molecule has 1 heterocycles. The number of rotatable bonds is 4. The van der Waals surface area contributed by atoms with Gasteiger partial charge in [0, 0.05) is 17.7 Å². The predicted octanol–water partition coefficient (Wildman–Crippen LogP) is 4.37. The molecule has 0 saturated heterocycles. The maximum absolute atomic E-state index is 13.3. The lowest BCUT2D eigenvalue weighted by atomic mass is 9.93. The van der Waals surface area contributed by atoms with E-state index in [0.29, 0.717) is 5.56 Å². The third-order valence-electron chi connectivity index (χ3n) is 3.74. The molecule has 0 fully saturated rings. The van der Waals surface area contributed by atoms with Crippen molar-refractivity contribution in [1.29, 1.82) is 0 Å². The first-order valence-corrected chi connectivity index (χ1v) is 7.79. The van der Waals surface area contributed by atoms with E-state index >= 15 is 0 Å². The van der Waals surface area contributed by atoms with Crippen LogP contribution in [-0.4, -0.2) is 22.8 Å². The molecule has 0 aliphatic heterocycles. The zero-order valence-electron chi connectivity index (χ0n) is 13.5. The number of nitrogens with two attached hydrogens (primary N) is 1. The second-order valence-corrected chi connectivity index (χ2v) is 6.53. The fourth-order valence-corrected chi connectivity index (χ4v) is 2.83. The predicted molar refractivity (Wildman–Crippen MR) is 87.7 cm³/mol. The van der Waals surface area contributed by atoms with Crippen molar-refractivity contribution in [3.63, 3.8) is 0 Å². The highest BCUT2D eigenvalue weighted by atomic mass is 35.5. The van der Waals surface area contributed by atoms with Gasteiger partial charge < -0.3 is 10.8 Å². The van der Waals surface area contributed by atoms with E-state index < -0.39 is 30.1 Å². The normalized spacial score (nSPS) is 13.8. The Bertz CT molecular complexity index is 755. The van der Waals surface area contributed by atoms with Gasteiger partial charge in [0.2, 0.25) is 0 Å². The van der Waals surface area contributed by atoms with Gasteiger partial charge in [0.1, 0.15) is 11.7 Å². The lowest BCUT2D eigenvalue weighted by Gasteiger charge is -2.25. The minimum atomic E-state index is -4.60. The number of halogens is 5. The van der Waals surface area contributed by atoms with Crippen molar-refractivity contribution in [1.82, 2.24) is 4.98 Å². The number of alkyl halides is 3. The number of hydrogen-bond donors (Lipinski definition) is 2. The van der Waals surface area contributed by atoms with Crippen LogP contribution >= 0.6 is 11.6 Å². The molecule has 2 rings (SSSR count). The third-order valence-corrected chi connectivity index (χ3v) is 4.12. The van der Waals surface area contributed by atoms with E-state index in [1.807, 2.05) is 0 Å². The third kappa shape index (κ3) is 4.29. The van der Waals surface area contributed by atoms with Crippen LogP contribution in [0.3, 0.4) is 0 Å². The van der Waals surface area contributed by atoms with Crippen LogP contribution in [0.1, 0.15) is 31.0 Å². The van der Waals surface area contributed by atoms with E-state index in [4.69, 9.17) is 17.3 Å². The highest BCUT2D eigenvalue weighted by molar-refractivity contribution is 6.34. The highest BCUT2D eigenvalue weighted by Gasteiger charge is 2.41. The summed E-state index contributed by atoms with van der Waals surface area (Å²) < 4.78 is 52.9. The molecule has 3 N–H and O–H groups in total. The van der Waals surface area contributed by atoms with Crippen molar-refractivity contribution in [2.24, 2.45) is 5.73 Å². The molecule has 0 aliphatic carbocycles.